The largest absolute Gasteiger partial charge is 0.416 e. The summed E-state index contributed by atoms with van der Waals surface area (Å²) in [5.74, 6) is -0.141. The second kappa shape index (κ2) is 9.29. The molecule has 2 N–H and O–H groups in total. The first kappa shape index (κ1) is 22.9. The first-order valence-electron chi connectivity index (χ1n) is 10.4. The molecule has 170 valence electrons. The molecule has 1 amide bonds. The third-order valence-electron chi connectivity index (χ3n) is 5.50. The topological polar surface area (TPSA) is 66.9 Å². The number of benzene rings is 1. The fourth-order valence-corrected chi connectivity index (χ4v) is 5.30. The molecule has 0 spiro atoms. The molecule has 2 heterocycles. The van der Waals surface area contributed by atoms with Crippen molar-refractivity contribution in [2.75, 3.05) is 5.32 Å². The summed E-state index contributed by atoms with van der Waals surface area (Å²) in [4.78, 5) is 22.6. The number of nitrogens with zero attached hydrogens (tertiary/aromatic N) is 2. The van der Waals surface area contributed by atoms with Crippen LogP contribution in [0.4, 0.5) is 18.3 Å². The predicted octanol–water partition coefficient (Wildman–Crippen LogP) is 5.66. The van der Waals surface area contributed by atoms with E-state index >= 15 is 0 Å². The Labute approximate surface area is 192 Å². The molecule has 0 bridgehead atoms. The molecule has 4 rings (SSSR count). The first-order valence-corrected chi connectivity index (χ1v) is 12.0. The molecule has 0 saturated heterocycles. The van der Waals surface area contributed by atoms with Crippen LogP contribution >= 0.6 is 22.7 Å². The number of amides is 1. The fraction of sp³-hybridized carbons (Fsp3) is 0.409. The summed E-state index contributed by atoms with van der Waals surface area (Å²) in [7, 11) is 0. The minimum Gasteiger partial charge on any atom is -0.310 e. The van der Waals surface area contributed by atoms with Gasteiger partial charge in [0.25, 0.3) is 0 Å². The van der Waals surface area contributed by atoms with Crippen molar-refractivity contribution in [3.8, 4) is 10.6 Å². The summed E-state index contributed by atoms with van der Waals surface area (Å²) in [5.41, 5.74) is 1.93. The number of thiazole rings is 2. The molecule has 1 aliphatic rings. The average molecular weight is 481 g/mol. The van der Waals surface area contributed by atoms with Crippen LogP contribution in [0.2, 0.25) is 0 Å². The lowest BCUT2D eigenvalue weighted by atomic mass is 9.79. The number of alkyl halides is 3. The molecular weight excluding hydrogens is 457 g/mol. The van der Waals surface area contributed by atoms with Gasteiger partial charge in [0.05, 0.1) is 26.8 Å². The highest BCUT2D eigenvalue weighted by Crippen LogP contribution is 2.34. The van der Waals surface area contributed by atoms with Crippen LogP contribution in [0.3, 0.4) is 0 Å². The standard InChI is InChI=1S/C22H23F3N4OS2/c1-3-18-27-12(2)19(32-18)17-11-31-21(28-17)29-20(30)14-8-16(9-14)26-10-13-4-6-15(7-5-13)22(23,24)25/h4-7,11,14,16,26H,3,8-10H2,1-2H3,(H,28,29,30). The Morgan fingerprint density at radius 2 is 1.91 bits per heavy atom. The van der Waals surface area contributed by atoms with Gasteiger partial charge in [-0.3, -0.25) is 4.79 Å². The van der Waals surface area contributed by atoms with E-state index in [4.69, 9.17) is 0 Å². The number of aryl methyl sites for hydroxylation is 2. The van der Waals surface area contributed by atoms with Gasteiger partial charge in [-0.25, -0.2) is 9.97 Å². The third-order valence-corrected chi connectivity index (χ3v) is 7.58. The molecule has 10 heteroatoms. The molecule has 2 aromatic heterocycles. The van der Waals surface area contributed by atoms with Crippen LogP contribution in [-0.4, -0.2) is 21.9 Å². The third kappa shape index (κ3) is 5.19. The Morgan fingerprint density at radius 3 is 2.53 bits per heavy atom. The van der Waals surface area contributed by atoms with Crippen LogP contribution in [0.25, 0.3) is 10.6 Å². The smallest absolute Gasteiger partial charge is 0.310 e. The normalized spacial score (nSPS) is 18.4. The molecule has 0 aliphatic heterocycles. The van der Waals surface area contributed by atoms with Gasteiger partial charge in [-0.05, 0) is 43.9 Å². The van der Waals surface area contributed by atoms with Gasteiger partial charge in [-0.1, -0.05) is 19.1 Å². The molecule has 1 fully saturated rings. The molecule has 5 nitrogen and oxygen atoms in total. The lowest BCUT2D eigenvalue weighted by Gasteiger charge is -2.34. The van der Waals surface area contributed by atoms with E-state index in [9.17, 15) is 18.0 Å². The number of anilines is 1. The van der Waals surface area contributed by atoms with E-state index < -0.39 is 11.7 Å². The highest BCUT2D eigenvalue weighted by molar-refractivity contribution is 7.17. The van der Waals surface area contributed by atoms with Crippen LogP contribution in [-0.2, 0) is 23.9 Å². The maximum atomic E-state index is 12.6. The lowest BCUT2D eigenvalue weighted by Crippen LogP contribution is -2.45. The van der Waals surface area contributed by atoms with Crippen molar-refractivity contribution in [3.05, 3.63) is 51.5 Å². The molecule has 0 radical (unpaired) electrons. The molecular formula is C22H23F3N4OS2. The minimum absolute atomic E-state index is 0.0475. The van der Waals surface area contributed by atoms with E-state index in [-0.39, 0.29) is 17.9 Å². The van der Waals surface area contributed by atoms with Gasteiger partial charge in [0.1, 0.15) is 0 Å². The van der Waals surface area contributed by atoms with E-state index in [1.165, 1.54) is 23.5 Å². The first-order chi connectivity index (χ1) is 15.2. The number of hydrogen-bond acceptors (Lipinski definition) is 6. The number of aromatic nitrogens is 2. The Balaban J connectivity index is 1.24. The van der Waals surface area contributed by atoms with E-state index in [2.05, 4.69) is 27.5 Å². The van der Waals surface area contributed by atoms with Crippen molar-refractivity contribution in [3.63, 3.8) is 0 Å². The van der Waals surface area contributed by atoms with Gasteiger partial charge in [0.2, 0.25) is 5.91 Å². The summed E-state index contributed by atoms with van der Waals surface area (Å²) in [6.07, 6.45) is -2.05. The molecule has 32 heavy (non-hydrogen) atoms. The summed E-state index contributed by atoms with van der Waals surface area (Å²) in [6, 6.07) is 5.31. The van der Waals surface area contributed by atoms with E-state index in [0.29, 0.717) is 24.5 Å². The van der Waals surface area contributed by atoms with E-state index in [1.807, 2.05) is 12.3 Å². The molecule has 3 aromatic rings. The van der Waals surface area contributed by atoms with Crippen molar-refractivity contribution in [1.82, 2.24) is 15.3 Å². The van der Waals surface area contributed by atoms with Gasteiger partial charge in [-0.2, -0.15) is 13.2 Å². The zero-order valence-electron chi connectivity index (χ0n) is 17.6. The van der Waals surface area contributed by atoms with Crippen LogP contribution in [0, 0.1) is 12.8 Å². The van der Waals surface area contributed by atoms with Crippen molar-refractivity contribution >= 4 is 33.7 Å². The zero-order chi connectivity index (χ0) is 22.9. The van der Waals surface area contributed by atoms with Crippen LogP contribution in [0.1, 0.15) is 41.6 Å². The van der Waals surface area contributed by atoms with Crippen molar-refractivity contribution < 1.29 is 18.0 Å². The Hall–Kier alpha value is -2.30. The number of rotatable bonds is 7. The van der Waals surface area contributed by atoms with Crippen molar-refractivity contribution in [2.45, 2.75) is 51.9 Å². The maximum absolute atomic E-state index is 12.6. The lowest BCUT2D eigenvalue weighted by molar-refractivity contribution is -0.137. The summed E-state index contributed by atoms with van der Waals surface area (Å²) in [6.45, 7) is 4.51. The molecule has 1 aliphatic carbocycles. The van der Waals surface area contributed by atoms with E-state index in [1.54, 1.807) is 11.3 Å². The Bertz CT molecular complexity index is 1090. The molecule has 0 atom stereocenters. The van der Waals surface area contributed by atoms with Gasteiger partial charge in [-0.15, -0.1) is 22.7 Å². The Kier molecular flexibility index (Phi) is 6.64. The SMILES string of the molecule is CCc1nc(C)c(-c2csc(NC(=O)C3CC(NCc4ccc(C(F)(F)F)cc4)C3)n2)s1. The predicted molar refractivity (Wildman–Crippen MR) is 121 cm³/mol. The fourth-order valence-electron chi connectivity index (χ4n) is 3.56. The van der Waals surface area contributed by atoms with Gasteiger partial charge >= 0.3 is 6.18 Å². The van der Waals surface area contributed by atoms with Gasteiger partial charge < -0.3 is 10.6 Å². The van der Waals surface area contributed by atoms with E-state index in [0.717, 1.165) is 45.4 Å². The summed E-state index contributed by atoms with van der Waals surface area (Å²) in [5, 5.41) is 9.80. The molecule has 0 unspecified atom stereocenters. The van der Waals surface area contributed by atoms with Crippen LogP contribution in [0.5, 0.6) is 0 Å². The van der Waals surface area contributed by atoms with Crippen LogP contribution in [0.15, 0.2) is 29.6 Å². The van der Waals surface area contributed by atoms with Gasteiger partial charge in [0, 0.05) is 23.9 Å². The summed E-state index contributed by atoms with van der Waals surface area (Å²) >= 11 is 3.03. The maximum Gasteiger partial charge on any atom is 0.416 e. The zero-order valence-corrected chi connectivity index (χ0v) is 19.3. The average Bonchev–Trinajstić information content (AvgIpc) is 3.32. The van der Waals surface area contributed by atoms with Gasteiger partial charge in [0.15, 0.2) is 5.13 Å². The highest BCUT2D eigenvalue weighted by atomic mass is 32.1. The number of halogens is 3. The number of nitrogens with one attached hydrogen (secondary N) is 2. The quantitative estimate of drug-likeness (QED) is 0.458. The number of carbonyl (C=O) groups excluding carboxylic acids is 1. The summed E-state index contributed by atoms with van der Waals surface area (Å²) < 4.78 is 37.9. The monoisotopic (exact) mass is 480 g/mol. The molecule has 1 aromatic carbocycles. The van der Waals surface area contributed by atoms with Crippen molar-refractivity contribution in [2.24, 2.45) is 5.92 Å². The second-order valence-corrected chi connectivity index (χ2v) is 9.79. The second-order valence-electron chi connectivity index (χ2n) is 7.84. The number of hydrogen-bond donors (Lipinski definition) is 2. The Morgan fingerprint density at radius 1 is 1.19 bits per heavy atom. The van der Waals surface area contributed by atoms with Crippen molar-refractivity contribution in [1.29, 1.82) is 0 Å². The molecule has 1 saturated carbocycles. The minimum atomic E-state index is -4.32. The van der Waals surface area contributed by atoms with Crippen LogP contribution < -0.4 is 10.6 Å². The highest BCUT2D eigenvalue weighted by Gasteiger charge is 2.34. The number of carbonyl (C=O) groups is 1.